The second kappa shape index (κ2) is 11.7. The van der Waals surface area contributed by atoms with Crippen LogP contribution in [0.4, 0.5) is 0 Å². The van der Waals surface area contributed by atoms with Crippen LogP contribution in [0, 0.1) is 0 Å². The summed E-state index contributed by atoms with van der Waals surface area (Å²) in [4.78, 5) is 10.8. The molecular weight excluding hydrogens is 212 g/mol. The number of carbonyl (C=O) groups excluding carboxylic acids is 1. The van der Waals surface area contributed by atoms with Gasteiger partial charge in [-0.3, -0.25) is 4.79 Å². The fourth-order valence-corrected chi connectivity index (χ4v) is 1.80. The van der Waals surface area contributed by atoms with E-state index < -0.39 is 0 Å². The van der Waals surface area contributed by atoms with Crippen LogP contribution in [0.3, 0.4) is 0 Å². The van der Waals surface area contributed by atoms with Crippen molar-refractivity contribution in [2.75, 3.05) is 6.61 Å². The summed E-state index contributed by atoms with van der Waals surface area (Å²) >= 11 is 0. The van der Waals surface area contributed by atoms with Gasteiger partial charge >= 0.3 is 5.97 Å². The predicted octanol–water partition coefficient (Wildman–Crippen LogP) is 4.64. The van der Waals surface area contributed by atoms with E-state index in [-0.39, 0.29) is 5.97 Å². The van der Waals surface area contributed by atoms with Crippen molar-refractivity contribution in [2.45, 2.75) is 72.1 Å². The highest BCUT2D eigenvalue weighted by Gasteiger charge is 1.99. The molecule has 0 amide bonds. The lowest BCUT2D eigenvalue weighted by Crippen LogP contribution is -2.03. The van der Waals surface area contributed by atoms with Crippen molar-refractivity contribution < 1.29 is 9.53 Å². The Hall–Kier alpha value is -0.790. The molecule has 0 aliphatic carbocycles. The molecule has 0 rings (SSSR count). The van der Waals surface area contributed by atoms with E-state index in [0.29, 0.717) is 6.61 Å². The quantitative estimate of drug-likeness (QED) is 0.316. The molecule has 2 nitrogen and oxygen atoms in total. The average molecular weight is 240 g/mol. The molecule has 0 fully saturated rings. The third-order valence-corrected chi connectivity index (χ3v) is 2.77. The molecular formula is C15H28O2. The monoisotopic (exact) mass is 240 g/mol. The van der Waals surface area contributed by atoms with Crippen LogP contribution in [0.2, 0.25) is 0 Å². The van der Waals surface area contributed by atoms with E-state index >= 15 is 0 Å². The highest BCUT2D eigenvalue weighted by atomic mass is 16.5. The zero-order chi connectivity index (χ0) is 12.9. The predicted molar refractivity (Wildman–Crippen MR) is 73.0 cm³/mol. The Morgan fingerprint density at radius 2 is 1.76 bits per heavy atom. The van der Waals surface area contributed by atoms with Gasteiger partial charge in [-0.1, -0.05) is 52.0 Å². The molecule has 0 bridgehead atoms. The minimum absolute atomic E-state index is 0.185. The molecule has 0 radical (unpaired) electrons. The maximum Gasteiger partial charge on any atom is 0.302 e. The van der Waals surface area contributed by atoms with Gasteiger partial charge in [0.15, 0.2) is 0 Å². The molecule has 100 valence electrons. The Bertz CT molecular complexity index is 219. The third-order valence-electron chi connectivity index (χ3n) is 2.77. The second-order valence-corrected chi connectivity index (χ2v) is 4.60. The molecule has 0 N–H and O–H groups in total. The molecule has 0 unspecified atom stereocenters. The minimum Gasteiger partial charge on any atom is -0.461 e. The molecule has 0 atom stereocenters. The molecule has 0 aromatic heterocycles. The Labute approximate surface area is 106 Å². The summed E-state index contributed by atoms with van der Waals surface area (Å²) in [7, 11) is 0. The van der Waals surface area contributed by atoms with Gasteiger partial charge in [0, 0.05) is 6.92 Å². The Morgan fingerprint density at radius 3 is 2.35 bits per heavy atom. The van der Waals surface area contributed by atoms with Crippen molar-refractivity contribution >= 4 is 5.97 Å². The van der Waals surface area contributed by atoms with E-state index in [1.54, 1.807) is 0 Å². The lowest BCUT2D eigenvalue weighted by molar-refractivity contribution is -0.140. The summed E-state index contributed by atoms with van der Waals surface area (Å²) in [5.41, 5.74) is 1.28. The largest absolute Gasteiger partial charge is 0.461 e. The van der Waals surface area contributed by atoms with Gasteiger partial charge in [0.25, 0.3) is 0 Å². The first-order valence-electron chi connectivity index (χ1n) is 7.02. The van der Waals surface area contributed by atoms with Crippen LogP contribution in [-0.4, -0.2) is 12.6 Å². The van der Waals surface area contributed by atoms with Gasteiger partial charge in [0.2, 0.25) is 0 Å². The second-order valence-electron chi connectivity index (χ2n) is 4.60. The van der Waals surface area contributed by atoms with Crippen LogP contribution in [-0.2, 0) is 9.53 Å². The first-order valence-corrected chi connectivity index (χ1v) is 7.02. The molecule has 2 heteroatoms. The maximum absolute atomic E-state index is 10.8. The standard InChI is InChI=1S/C15H28O2/c1-4-6-7-8-9-10-12-15(11-5-2)13-17-14(3)16/h12H,4-11,13H2,1-3H3/b15-12+. The summed E-state index contributed by atoms with van der Waals surface area (Å²) in [6.45, 7) is 6.34. The third kappa shape index (κ3) is 11.5. The summed E-state index contributed by atoms with van der Waals surface area (Å²) in [6.07, 6.45) is 12.1. The van der Waals surface area contributed by atoms with E-state index in [0.717, 1.165) is 19.3 Å². The van der Waals surface area contributed by atoms with Gasteiger partial charge in [-0.2, -0.15) is 0 Å². The normalized spacial score (nSPS) is 11.6. The number of ether oxygens (including phenoxy) is 1. The molecule has 0 spiro atoms. The van der Waals surface area contributed by atoms with E-state index in [1.807, 2.05) is 0 Å². The fraction of sp³-hybridized carbons (Fsp3) is 0.800. The first kappa shape index (κ1) is 16.2. The average Bonchev–Trinajstić information content (AvgIpc) is 2.30. The van der Waals surface area contributed by atoms with E-state index in [2.05, 4.69) is 19.9 Å². The van der Waals surface area contributed by atoms with E-state index in [1.165, 1.54) is 44.6 Å². The van der Waals surface area contributed by atoms with E-state index in [4.69, 9.17) is 4.74 Å². The van der Waals surface area contributed by atoms with Crippen LogP contribution in [0.5, 0.6) is 0 Å². The van der Waals surface area contributed by atoms with E-state index in [9.17, 15) is 4.79 Å². The molecule has 0 aliphatic rings. The molecule has 17 heavy (non-hydrogen) atoms. The molecule has 0 aliphatic heterocycles. The van der Waals surface area contributed by atoms with Gasteiger partial charge in [-0.25, -0.2) is 0 Å². The van der Waals surface area contributed by atoms with Crippen LogP contribution >= 0.6 is 0 Å². The topological polar surface area (TPSA) is 26.3 Å². The number of rotatable bonds is 10. The van der Waals surface area contributed by atoms with Gasteiger partial charge in [0.1, 0.15) is 6.61 Å². The summed E-state index contributed by atoms with van der Waals surface area (Å²) < 4.78 is 5.04. The van der Waals surface area contributed by atoms with Gasteiger partial charge in [-0.15, -0.1) is 0 Å². The molecule has 0 heterocycles. The fourth-order valence-electron chi connectivity index (χ4n) is 1.80. The summed E-state index contributed by atoms with van der Waals surface area (Å²) in [5, 5.41) is 0. The van der Waals surface area contributed by atoms with Crippen molar-refractivity contribution in [1.82, 2.24) is 0 Å². The molecule has 0 saturated carbocycles. The minimum atomic E-state index is -0.185. The first-order chi connectivity index (χ1) is 8.20. The van der Waals surface area contributed by atoms with Crippen molar-refractivity contribution in [3.05, 3.63) is 11.6 Å². The SMILES string of the molecule is CCCCCCC/C=C(\CCC)COC(C)=O. The zero-order valence-corrected chi connectivity index (χ0v) is 11.8. The maximum atomic E-state index is 10.8. The lowest BCUT2D eigenvalue weighted by Gasteiger charge is -2.06. The Kier molecular flexibility index (Phi) is 11.1. The Balaban J connectivity index is 3.74. The lowest BCUT2D eigenvalue weighted by atomic mass is 10.1. The smallest absolute Gasteiger partial charge is 0.302 e. The van der Waals surface area contributed by atoms with Crippen molar-refractivity contribution in [2.24, 2.45) is 0 Å². The van der Waals surface area contributed by atoms with Crippen molar-refractivity contribution in [3.63, 3.8) is 0 Å². The van der Waals surface area contributed by atoms with Gasteiger partial charge < -0.3 is 4.74 Å². The number of allylic oxidation sites excluding steroid dienone is 1. The van der Waals surface area contributed by atoms with Crippen LogP contribution in [0.25, 0.3) is 0 Å². The highest BCUT2D eigenvalue weighted by molar-refractivity contribution is 5.66. The van der Waals surface area contributed by atoms with Crippen LogP contribution in [0.1, 0.15) is 72.1 Å². The Morgan fingerprint density at radius 1 is 1.06 bits per heavy atom. The number of esters is 1. The summed E-state index contributed by atoms with van der Waals surface area (Å²) in [5.74, 6) is -0.185. The van der Waals surface area contributed by atoms with Crippen molar-refractivity contribution in [3.8, 4) is 0 Å². The van der Waals surface area contributed by atoms with Crippen LogP contribution < -0.4 is 0 Å². The molecule has 0 aromatic carbocycles. The highest BCUT2D eigenvalue weighted by Crippen LogP contribution is 2.11. The number of hydrogen-bond acceptors (Lipinski definition) is 2. The van der Waals surface area contributed by atoms with Gasteiger partial charge in [0.05, 0.1) is 0 Å². The molecule has 0 aromatic rings. The number of hydrogen-bond donors (Lipinski definition) is 0. The number of unbranched alkanes of at least 4 members (excludes halogenated alkanes) is 5. The zero-order valence-electron chi connectivity index (χ0n) is 11.8. The summed E-state index contributed by atoms with van der Waals surface area (Å²) in [6, 6.07) is 0. The van der Waals surface area contributed by atoms with Gasteiger partial charge in [-0.05, 0) is 24.8 Å². The molecule has 0 saturated heterocycles. The number of carbonyl (C=O) groups is 1. The van der Waals surface area contributed by atoms with Crippen molar-refractivity contribution in [1.29, 1.82) is 0 Å². The van der Waals surface area contributed by atoms with Crippen LogP contribution in [0.15, 0.2) is 11.6 Å².